The maximum Gasteiger partial charge on any atom is 0.0874 e. The summed E-state index contributed by atoms with van der Waals surface area (Å²) in [5, 5.41) is 11.8. The molecule has 0 radical (unpaired) electrons. The number of nitrogens with zero attached hydrogens (tertiary/aromatic N) is 4. The Bertz CT molecular complexity index is 433. The predicted octanol–water partition coefficient (Wildman–Crippen LogP) is 1.63. The van der Waals surface area contributed by atoms with Gasteiger partial charge in [-0.05, 0) is 38.0 Å². The van der Waals surface area contributed by atoms with Crippen LogP contribution in [-0.4, -0.2) is 26.4 Å². The van der Waals surface area contributed by atoms with Gasteiger partial charge in [0.25, 0.3) is 0 Å². The second-order valence-electron chi connectivity index (χ2n) is 3.73. The fourth-order valence-electron chi connectivity index (χ4n) is 1.95. The molecule has 2 aromatic heterocycles. The average molecular weight is 251 g/mol. The van der Waals surface area contributed by atoms with E-state index in [-0.39, 0.29) is 6.04 Å². The van der Waals surface area contributed by atoms with Crippen molar-refractivity contribution in [2.45, 2.75) is 32.9 Å². The van der Waals surface area contributed by atoms with Gasteiger partial charge in [-0.15, -0.1) is 5.10 Å². The van der Waals surface area contributed by atoms with Gasteiger partial charge in [-0.25, -0.2) is 0 Å². The van der Waals surface area contributed by atoms with E-state index in [1.165, 1.54) is 16.4 Å². The number of hydrogen-bond donors (Lipinski definition) is 1. The van der Waals surface area contributed by atoms with Crippen LogP contribution in [0.4, 0.5) is 0 Å². The van der Waals surface area contributed by atoms with E-state index in [9.17, 15) is 0 Å². The first kappa shape index (κ1) is 12.2. The molecule has 92 valence electrons. The Morgan fingerprint density at radius 3 is 2.94 bits per heavy atom. The zero-order chi connectivity index (χ0) is 12.3. The van der Waals surface area contributed by atoms with Gasteiger partial charge in [0, 0.05) is 12.7 Å². The lowest BCUT2D eigenvalue weighted by Gasteiger charge is -2.16. The molecule has 0 amide bonds. The first-order valence-corrected chi connectivity index (χ1v) is 6.59. The van der Waals surface area contributed by atoms with Crippen LogP contribution in [0, 0.1) is 0 Å². The van der Waals surface area contributed by atoms with Crippen LogP contribution in [0.5, 0.6) is 0 Å². The molecule has 0 aliphatic carbocycles. The van der Waals surface area contributed by atoms with Gasteiger partial charge < -0.3 is 5.32 Å². The van der Waals surface area contributed by atoms with Crippen molar-refractivity contribution in [1.82, 2.24) is 24.7 Å². The predicted molar refractivity (Wildman–Crippen MR) is 68.1 cm³/mol. The molecule has 5 nitrogen and oxygen atoms in total. The maximum atomic E-state index is 4.31. The summed E-state index contributed by atoms with van der Waals surface area (Å²) in [6.07, 6.45) is 2.74. The largest absolute Gasteiger partial charge is 0.307 e. The van der Waals surface area contributed by atoms with Gasteiger partial charge in [-0.3, -0.25) is 4.68 Å². The monoisotopic (exact) mass is 251 g/mol. The summed E-state index contributed by atoms with van der Waals surface area (Å²) in [5.41, 5.74) is 2.23. The van der Waals surface area contributed by atoms with Crippen LogP contribution in [0.3, 0.4) is 0 Å². The summed E-state index contributed by atoms with van der Waals surface area (Å²) in [5.74, 6) is 0. The molecule has 2 heterocycles. The van der Waals surface area contributed by atoms with Gasteiger partial charge >= 0.3 is 0 Å². The van der Waals surface area contributed by atoms with Gasteiger partial charge in [0.15, 0.2) is 0 Å². The minimum Gasteiger partial charge on any atom is -0.307 e. The van der Waals surface area contributed by atoms with Gasteiger partial charge in [0.05, 0.1) is 22.3 Å². The second-order valence-corrected chi connectivity index (χ2v) is 4.52. The zero-order valence-electron chi connectivity index (χ0n) is 10.3. The summed E-state index contributed by atoms with van der Waals surface area (Å²) in [6, 6.07) is 2.18. The summed E-state index contributed by atoms with van der Waals surface area (Å²) >= 11 is 1.46. The van der Waals surface area contributed by atoms with E-state index in [0.717, 1.165) is 24.4 Å². The van der Waals surface area contributed by atoms with Crippen molar-refractivity contribution in [1.29, 1.82) is 0 Å². The van der Waals surface area contributed by atoms with E-state index in [2.05, 4.69) is 33.8 Å². The first-order chi connectivity index (χ1) is 8.31. The van der Waals surface area contributed by atoms with Crippen LogP contribution in [0.2, 0.25) is 0 Å². The molecule has 0 spiro atoms. The summed E-state index contributed by atoms with van der Waals surface area (Å²) in [4.78, 5) is 1.19. The molecule has 0 fully saturated rings. The molecule has 0 saturated heterocycles. The van der Waals surface area contributed by atoms with E-state index in [1.54, 1.807) is 0 Å². The number of nitrogens with one attached hydrogen (secondary N) is 1. The lowest BCUT2D eigenvalue weighted by molar-refractivity contribution is 0.565. The van der Waals surface area contributed by atoms with Crippen molar-refractivity contribution in [2.75, 3.05) is 7.05 Å². The fourth-order valence-corrected chi connectivity index (χ4v) is 2.81. The minimum absolute atomic E-state index is 0.132. The molecule has 1 atom stereocenters. The average Bonchev–Trinajstić information content (AvgIpc) is 2.98. The SMILES string of the molecule is CCc1nnsc1C(NC)c1ccnn1CC. The van der Waals surface area contributed by atoms with Crippen molar-refractivity contribution in [2.24, 2.45) is 0 Å². The third kappa shape index (κ3) is 2.23. The van der Waals surface area contributed by atoms with E-state index >= 15 is 0 Å². The van der Waals surface area contributed by atoms with Crippen LogP contribution < -0.4 is 5.32 Å². The molecule has 2 rings (SSSR count). The Morgan fingerprint density at radius 2 is 2.29 bits per heavy atom. The normalized spacial score (nSPS) is 12.9. The van der Waals surface area contributed by atoms with E-state index in [4.69, 9.17) is 0 Å². The maximum absolute atomic E-state index is 4.31. The molecule has 2 aromatic rings. The van der Waals surface area contributed by atoms with E-state index in [0.29, 0.717) is 0 Å². The Balaban J connectivity index is 2.40. The number of hydrogen-bond acceptors (Lipinski definition) is 5. The van der Waals surface area contributed by atoms with Gasteiger partial charge in [-0.2, -0.15) is 5.10 Å². The van der Waals surface area contributed by atoms with Crippen molar-refractivity contribution in [3.8, 4) is 0 Å². The molecular formula is C11H17N5S. The molecule has 0 bridgehead atoms. The molecule has 0 aliphatic rings. The van der Waals surface area contributed by atoms with E-state index in [1.807, 2.05) is 24.0 Å². The fraction of sp³-hybridized carbons (Fsp3) is 0.545. The third-order valence-electron chi connectivity index (χ3n) is 2.82. The Labute approximate surface area is 105 Å². The topological polar surface area (TPSA) is 55.6 Å². The van der Waals surface area contributed by atoms with Crippen LogP contribution >= 0.6 is 11.5 Å². The second kappa shape index (κ2) is 5.37. The van der Waals surface area contributed by atoms with Crippen LogP contribution in [0.25, 0.3) is 0 Å². The highest BCUT2D eigenvalue weighted by atomic mass is 32.1. The number of rotatable bonds is 5. The van der Waals surface area contributed by atoms with Crippen molar-refractivity contribution in [3.63, 3.8) is 0 Å². The molecule has 1 N–H and O–H groups in total. The molecule has 0 aromatic carbocycles. The highest BCUT2D eigenvalue weighted by Gasteiger charge is 2.21. The Hall–Kier alpha value is -1.27. The van der Waals surface area contributed by atoms with Gasteiger partial charge in [0.2, 0.25) is 0 Å². The molecule has 6 heteroatoms. The van der Waals surface area contributed by atoms with Crippen molar-refractivity contribution >= 4 is 11.5 Å². The highest BCUT2D eigenvalue weighted by Crippen LogP contribution is 2.26. The molecular weight excluding hydrogens is 234 g/mol. The molecule has 0 saturated carbocycles. The summed E-state index contributed by atoms with van der Waals surface area (Å²) in [6.45, 7) is 5.06. The van der Waals surface area contributed by atoms with Gasteiger partial charge in [0.1, 0.15) is 0 Å². The van der Waals surface area contributed by atoms with Gasteiger partial charge in [-0.1, -0.05) is 11.4 Å². The number of aromatic nitrogens is 4. The van der Waals surface area contributed by atoms with Crippen molar-refractivity contribution in [3.05, 3.63) is 28.5 Å². The third-order valence-corrected chi connectivity index (χ3v) is 3.65. The molecule has 1 unspecified atom stereocenters. The van der Waals surface area contributed by atoms with Crippen LogP contribution in [0.15, 0.2) is 12.3 Å². The lowest BCUT2D eigenvalue weighted by atomic mass is 10.1. The first-order valence-electron chi connectivity index (χ1n) is 5.81. The number of aryl methyl sites for hydroxylation is 2. The lowest BCUT2D eigenvalue weighted by Crippen LogP contribution is -2.21. The Morgan fingerprint density at radius 1 is 1.47 bits per heavy atom. The smallest absolute Gasteiger partial charge is 0.0874 e. The minimum atomic E-state index is 0.132. The summed E-state index contributed by atoms with van der Waals surface area (Å²) < 4.78 is 6.05. The van der Waals surface area contributed by atoms with E-state index < -0.39 is 0 Å². The highest BCUT2D eigenvalue weighted by molar-refractivity contribution is 7.05. The zero-order valence-corrected chi connectivity index (χ0v) is 11.2. The summed E-state index contributed by atoms with van der Waals surface area (Å²) in [7, 11) is 1.96. The van der Waals surface area contributed by atoms with Crippen LogP contribution in [-0.2, 0) is 13.0 Å². The molecule has 17 heavy (non-hydrogen) atoms. The Kier molecular flexibility index (Phi) is 3.86. The van der Waals surface area contributed by atoms with Crippen molar-refractivity contribution < 1.29 is 0 Å². The standard InChI is InChI=1S/C11H17N5S/c1-4-8-11(17-15-14-8)10(12-3)9-6-7-13-16(9)5-2/h6-7,10,12H,4-5H2,1-3H3. The quantitative estimate of drug-likeness (QED) is 0.877. The molecule has 0 aliphatic heterocycles. The van der Waals surface area contributed by atoms with Crippen LogP contribution in [0.1, 0.15) is 36.2 Å².